The number of hydrogen-bond donors (Lipinski definition) is 1. The standard InChI is InChI=1S/C14H13IN2O4/c1-20-11-5-10(6-12(8-11)21-2)16-9-3-4-14(17(18)19)13(15)7-9/h3-8,16H,1-2H3. The smallest absolute Gasteiger partial charge is 0.282 e. The summed E-state index contributed by atoms with van der Waals surface area (Å²) in [6.45, 7) is 0. The van der Waals surface area contributed by atoms with Gasteiger partial charge in [-0.25, -0.2) is 0 Å². The molecule has 0 heterocycles. The van der Waals surface area contributed by atoms with Gasteiger partial charge in [0.15, 0.2) is 0 Å². The van der Waals surface area contributed by atoms with E-state index in [-0.39, 0.29) is 5.69 Å². The van der Waals surface area contributed by atoms with Crippen molar-refractivity contribution in [2.45, 2.75) is 0 Å². The Labute approximate surface area is 135 Å². The summed E-state index contributed by atoms with van der Waals surface area (Å²) in [7, 11) is 3.15. The Morgan fingerprint density at radius 2 is 1.67 bits per heavy atom. The number of nitrogens with one attached hydrogen (secondary N) is 1. The Hall–Kier alpha value is -2.03. The highest BCUT2D eigenvalue weighted by molar-refractivity contribution is 14.1. The fourth-order valence-corrected chi connectivity index (χ4v) is 2.49. The lowest BCUT2D eigenvalue weighted by atomic mass is 10.2. The summed E-state index contributed by atoms with van der Waals surface area (Å²) in [5, 5.41) is 14.0. The van der Waals surface area contributed by atoms with Gasteiger partial charge >= 0.3 is 0 Å². The number of methoxy groups -OCH3 is 2. The molecule has 2 aromatic carbocycles. The SMILES string of the molecule is COc1cc(Nc2ccc([N+](=O)[O-])c(I)c2)cc(OC)c1. The van der Waals surface area contributed by atoms with Gasteiger partial charge in [0.1, 0.15) is 11.5 Å². The van der Waals surface area contributed by atoms with Gasteiger partial charge in [0.05, 0.1) is 22.7 Å². The molecular weight excluding hydrogens is 387 g/mol. The lowest BCUT2D eigenvalue weighted by Crippen LogP contribution is -1.96. The van der Waals surface area contributed by atoms with E-state index in [1.807, 2.05) is 34.7 Å². The first-order chi connectivity index (χ1) is 10.0. The van der Waals surface area contributed by atoms with Gasteiger partial charge in [-0.2, -0.15) is 0 Å². The maximum Gasteiger partial charge on any atom is 0.282 e. The van der Waals surface area contributed by atoms with Crippen molar-refractivity contribution in [2.75, 3.05) is 19.5 Å². The number of rotatable bonds is 5. The summed E-state index contributed by atoms with van der Waals surface area (Å²) in [5.74, 6) is 1.32. The van der Waals surface area contributed by atoms with E-state index in [1.165, 1.54) is 6.07 Å². The van der Waals surface area contributed by atoms with Crippen LogP contribution in [0.5, 0.6) is 11.5 Å². The average molecular weight is 400 g/mol. The highest BCUT2D eigenvalue weighted by Crippen LogP contribution is 2.30. The van der Waals surface area contributed by atoms with E-state index in [9.17, 15) is 10.1 Å². The van der Waals surface area contributed by atoms with Crippen LogP contribution in [0.15, 0.2) is 36.4 Å². The zero-order chi connectivity index (χ0) is 15.4. The van der Waals surface area contributed by atoms with Crippen LogP contribution in [0, 0.1) is 13.7 Å². The second kappa shape index (κ2) is 6.61. The van der Waals surface area contributed by atoms with E-state index in [2.05, 4.69) is 5.32 Å². The molecule has 7 heteroatoms. The molecule has 21 heavy (non-hydrogen) atoms. The zero-order valence-electron chi connectivity index (χ0n) is 11.4. The summed E-state index contributed by atoms with van der Waals surface area (Å²) in [5.41, 5.74) is 1.61. The van der Waals surface area contributed by atoms with Gasteiger partial charge in [0, 0.05) is 35.6 Å². The van der Waals surface area contributed by atoms with E-state index in [0.29, 0.717) is 15.1 Å². The molecule has 1 N–H and O–H groups in total. The molecule has 0 fully saturated rings. The predicted octanol–water partition coefficient (Wildman–Crippen LogP) is 3.96. The fourth-order valence-electron chi connectivity index (χ4n) is 1.78. The molecule has 0 aliphatic carbocycles. The number of anilines is 2. The maximum absolute atomic E-state index is 10.8. The second-order valence-corrected chi connectivity index (χ2v) is 5.31. The van der Waals surface area contributed by atoms with Crippen LogP contribution < -0.4 is 14.8 Å². The molecular formula is C14H13IN2O4. The van der Waals surface area contributed by atoms with Gasteiger partial charge < -0.3 is 14.8 Å². The molecule has 0 amide bonds. The Bertz CT molecular complexity index is 654. The van der Waals surface area contributed by atoms with Gasteiger partial charge in [-0.15, -0.1) is 0 Å². The third-order valence-electron chi connectivity index (χ3n) is 2.78. The van der Waals surface area contributed by atoms with Crippen LogP contribution in [0.2, 0.25) is 0 Å². The molecule has 0 spiro atoms. The summed E-state index contributed by atoms with van der Waals surface area (Å²) in [6, 6.07) is 10.2. The van der Waals surface area contributed by atoms with Crippen LogP contribution >= 0.6 is 22.6 Å². The van der Waals surface area contributed by atoms with Crippen LogP contribution in [-0.4, -0.2) is 19.1 Å². The Morgan fingerprint density at radius 3 is 2.14 bits per heavy atom. The van der Waals surface area contributed by atoms with Gasteiger partial charge in [0.25, 0.3) is 5.69 Å². The molecule has 0 aliphatic rings. The predicted molar refractivity (Wildman–Crippen MR) is 88.6 cm³/mol. The van der Waals surface area contributed by atoms with Crippen LogP contribution in [0.4, 0.5) is 17.1 Å². The van der Waals surface area contributed by atoms with Crippen molar-refractivity contribution >= 4 is 39.7 Å². The van der Waals surface area contributed by atoms with Crippen LogP contribution in [0.3, 0.4) is 0 Å². The number of halogens is 1. The molecule has 0 bridgehead atoms. The van der Waals surface area contributed by atoms with E-state index < -0.39 is 4.92 Å². The summed E-state index contributed by atoms with van der Waals surface area (Å²) >= 11 is 1.94. The largest absolute Gasteiger partial charge is 0.497 e. The first-order valence-corrected chi connectivity index (χ1v) is 7.05. The molecule has 0 aromatic heterocycles. The summed E-state index contributed by atoms with van der Waals surface area (Å²) in [6.07, 6.45) is 0. The van der Waals surface area contributed by atoms with Crippen molar-refractivity contribution in [1.29, 1.82) is 0 Å². The van der Waals surface area contributed by atoms with E-state index >= 15 is 0 Å². The topological polar surface area (TPSA) is 73.6 Å². The lowest BCUT2D eigenvalue weighted by molar-refractivity contribution is -0.385. The Balaban J connectivity index is 2.29. The average Bonchev–Trinajstić information content (AvgIpc) is 2.46. The molecule has 2 aromatic rings. The monoisotopic (exact) mass is 400 g/mol. The highest BCUT2D eigenvalue weighted by atomic mass is 127. The third-order valence-corrected chi connectivity index (χ3v) is 3.65. The quantitative estimate of drug-likeness (QED) is 0.467. The van der Waals surface area contributed by atoms with Crippen LogP contribution in [0.25, 0.3) is 0 Å². The zero-order valence-corrected chi connectivity index (χ0v) is 13.6. The van der Waals surface area contributed by atoms with E-state index in [4.69, 9.17) is 9.47 Å². The molecule has 0 unspecified atom stereocenters. The minimum Gasteiger partial charge on any atom is -0.497 e. The molecule has 0 saturated heterocycles. The minimum atomic E-state index is -0.403. The van der Waals surface area contributed by atoms with Crippen molar-refractivity contribution in [3.63, 3.8) is 0 Å². The molecule has 110 valence electrons. The molecule has 2 rings (SSSR count). The number of benzene rings is 2. The molecule has 0 aliphatic heterocycles. The van der Waals surface area contributed by atoms with Gasteiger partial charge in [-0.3, -0.25) is 10.1 Å². The van der Waals surface area contributed by atoms with Crippen molar-refractivity contribution in [3.05, 3.63) is 50.1 Å². The number of hydrogen-bond acceptors (Lipinski definition) is 5. The van der Waals surface area contributed by atoms with E-state index in [1.54, 1.807) is 32.4 Å². The number of ether oxygens (including phenoxy) is 2. The Kier molecular flexibility index (Phi) is 4.84. The van der Waals surface area contributed by atoms with E-state index in [0.717, 1.165) is 11.4 Å². The molecule has 0 radical (unpaired) electrons. The molecule has 0 saturated carbocycles. The number of nitro benzene ring substituents is 1. The molecule has 6 nitrogen and oxygen atoms in total. The van der Waals surface area contributed by atoms with Crippen molar-refractivity contribution in [3.8, 4) is 11.5 Å². The third kappa shape index (κ3) is 3.75. The maximum atomic E-state index is 10.8. The Morgan fingerprint density at radius 1 is 1.05 bits per heavy atom. The number of nitrogens with zero attached hydrogens (tertiary/aromatic N) is 1. The van der Waals surface area contributed by atoms with Crippen molar-refractivity contribution < 1.29 is 14.4 Å². The first-order valence-electron chi connectivity index (χ1n) is 5.97. The normalized spacial score (nSPS) is 10.0. The van der Waals surface area contributed by atoms with Gasteiger partial charge in [0.2, 0.25) is 0 Å². The van der Waals surface area contributed by atoms with Crippen molar-refractivity contribution in [2.24, 2.45) is 0 Å². The highest BCUT2D eigenvalue weighted by Gasteiger charge is 2.12. The summed E-state index contributed by atoms with van der Waals surface area (Å²) < 4.78 is 11.0. The summed E-state index contributed by atoms with van der Waals surface area (Å²) in [4.78, 5) is 10.4. The van der Waals surface area contributed by atoms with Gasteiger partial charge in [-0.1, -0.05) is 0 Å². The van der Waals surface area contributed by atoms with Crippen LogP contribution in [-0.2, 0) is 0 Å². The van der Waals surface area contributed by atoms with Crippen molar-refractivity contribution in [1.82, 2.24) is 0 Å². The lowest BCUT2D eigenvalue weighted by Gasteiger charge is -2.11. The fraction of sp³-hybridized carbons (Fsp3) is 0.143. The first kappa shape index (κ1) is 15.4. The minimum absolute atomic E-state index is 0.0874. The van der Waals surface area contributed by atoms with Gasteiger partial charge in [-0.05, 0) is 34.7 Å². The van der Waals surface area contributed by atoms with Crippen LogP contribution in [0.1, 0.15) is 0 Å². The second-order valence-electron chi connectivity index (χ2n) is 4.15. The number of nitro groups is 1. The molecule has 0 atom stereocenters.